The third kappa shape index (κ3) is 2.13. The molecular weight excluding hydrogens is 202 g/mol. The maximum Gasteiger partial charge on any atom is 0.249 e. The highest BCUT2D eigenvalue weighted by atomic mass is 16.2. The Morgan fingerprint density at radius 2 is 2.06 bits per heavy atom. The standard InChI is InChI=1S/C12H21N3O/c1-9-8-15(5-4-14(9)3)12(16)10(2)11-6-13-7-11/h9,13H,4-8H2,1-3H3. The van der Waals surface area contributed by atoms with Gasteiger partial charge in [-0.1, -0.05) is 0 Å². The first-order chi connectivity index (χ1) is 7.59. The van der Waals surface area contributed by atoms with Gasteiger partial charge in [-0.05, 0) is 26.5 Å². The zero-order valence-electron chi connectivity index (χ0n) is 10.4. The van der Waals surface area contributed by atoms with E-state index < -0.39 is 0 Å². The molecule has 0 aromatic heterocycles. The monoisotopic (exact) mass is 223 g/mol. The van der Waals surface area contributed by atoms with Gasteiger partial charge in [0, 0.05) is 44.3 Å². The van der Waals surface area contributed by atoms with Crippen LogP contribution in [0.4, 0.5) is 0 Å². The van der Waals surface area contributed by atoms with Gasteiger partial charge in [-0.25, -0.2) is 0 Å². The average molecular weight is 223 g/mol. The highest BCUT2D eigenvalue weighted by Crippen LogP contribution is 2.15. The van der Waals surface area contributed by atoms with Crippen molar-refractivity contribution in [1.82, 2.24) is 15.1 Å². The summed E-state index contributed by atoms with van der Waals surface area (Å²) in [5, 5.41) is 3.18. The first kappa shape index (κ1) is 11.6. The van der Waals surface area contributed by atoms with Crippen LogP contribution in [-0.2, 0) is 4.79 Å². The largest absolute Gasteiger partial charge is 0.336 e. The van der Waals surface area contributed by atoms with E-state index in [0.717, 1.165) is 38.3 Å². The molecule has 1 N–H and O–H groups in total. The zero-order chi connectivity index (χ0) is 11.7. The van der Waals surface area contributed by atoms with E-state index in [0.29, 0.717) is 6.04 Å². The predicted octanol–water partition coefficient (Wildman–Crippen LogP) is 0.0686. The van der Waals surface area contributed by atoms with Crippen molar-refractivity contribution >= 4 is 5.91 Å². The molecule has 0 radical (unpaired) electrons. The fourth-order valence-electron chi connectivity index (χ4n) is 2.14. The first-order valence-corrected chi connectivity index (χ1v) is 5.98. The molecule has 1 atom stereocenters. The van der Waals surface area contributed by atoms with Crippen LogP contribution in [0.25, 0.3) is 0 Å². The van der Waals surface area contributed by atoms with Crippen LogP contribution < -0.4 is 5.32 Å². The molecule has 1 amide bonds. The third-order valence-electron chi connectivity index (χ3n) is 3.77. The van der Waals surface area contributed by atoms with Crippen molar-refractivity contribution in [3.63, 3.8) is 0 Å². The summed E-state index contributed by atoms with van der Waals surface area (Å²) in [6, 6.07) is 0.468. The number of hydrogen-bond acceptors (Lipinski definition) is 3. The number of likely N-dealkylation sites (N-methyl/N-ethyl adjacent to an activating group) is 1. The lowest BCUT2D eigenvalue weighted by Crippen LogP contribution is -2.52. The van der Waals surface area contributed by atoms with Crippen LogP contribution in [0.15, 0.2) is 11.1 Å². The fourth-order valence-corrected chi connectivity index (χ4v) is 2.14. The minimum absolute atomic E-state index is 0.233. The van der Waals surface area contributed by atoms with Crippen LogP contribution >= 0.6 is 0 Å². The first-order valence-electron chi connectivity index (χ1n) is 5.98. The molecule has 0 spiro atoms. The van der Waals surface area contributed by atoms with Crippen molar-refractivity contribution in [1.29, 1.82) is 0 Å². The number of amides is 1. The Labute approximate surface area is 97.3 Å². The lowest BCUT2D eigenvalue weighted by molar-refractivity contribution is -0.129. The molecule has 0 aromatic rings. The van der Waals surface area contributed by atoms with Gasteiger partial charge in [-0.15, -0.1) is 0 Å². The van der Waals surface area contributed by atoms with Gasteiger partial charge in [0.15, 0.2) is 0 Å². The molecule has 2 aliphatic heterocycles. The average Bonchev–Trinajstić information content (AvgIpc) is 2.18. The van der Waals surface area contributed by atoms with Crippen molar-refractivity contribution in [2.45, 2.75) is 19.9 Å². The molecule has 0 aromatic carbocycles. The van der Waals surface area contributed by atoms with Crippen LogP contribution in [0.5, 0.6) is 0 Å². The van der Waals surface area contributed by atoms with Crippen molar-refractivity contribution in [3.05, 3.63) is 11.1 Å². The number of nitrogens with one attached hydrogen (secondary N) is 1. The zero-order valence-corrected chi connectivity index (χ0v) is 10.4. The molecule has 16 heavy (non-hydrogen) atoms. The second-order valence-corrected chi connectivity index (χ2v) is 4.91. The lowest BCUT2D eigenvalue weighted by Gasteiger charge is -2.38. The number of hydrogen-bond donors (Lipinski definition) is 1. The van der Waals surface area contributed by atoms with Crippen molar-refractivity contribution in [2.24, 2.45) is 0 Å². The van der Waals surface area contributed by atoms with Crippen molar-refractivity contribution in [3.8, 4) is 0 Å². The number of nitrogens with zero attached hydrogens (tertiary/aromatic N) is 2. The summed E-state index contributed by atoms with van der Waals surface area (Å²) in [6.45, 7) is 8.61. The Kier molecular flexibility index (Phi) is 3.30. The lowest BCUT2D eigenvalue weighted by atomic mass is 10.0. The van der Waals surface area contributed by atoms with E-state index in [4.69, 9.17) is 0 Å². The van der Waals surface area contributed by atoms with E-state index in [1.165, 1.54) is 5.57 Å². The Hall–Kier alpha value is -0.870. The van der Waals surface area contributed by atoms with E-state index in [9.17, 15) is 4.79 Å². The predicted molar refractivity (Wildman–Crippen MR) is 64.2 cm³/mol. The fraction of sp³-hybridized carbons (Fsp3) is 0.750. The molecular formula is C12H21N3O. The summed E-state index contributed by atoms with van der Waals surface area (Å²) in [5.41, 5.74) is 2.23. The summed E-state index contributed by atoms with van der Waals surface area (Å²) < 4.78 is 0. The van der Waals surface area contributed by atoms with Crippen LogP contribution in [0.2, 0.25) is 0 Å². The van der Waals surface area contributed by atoms with Gasteiger partial charge >= 0.3 is 0 Å². The second-order valence-electron chi connectivity index (χ2n) is 4.91. The summed E-state index contributed by atoms with van der Waals surface area (Å²) in [6.07, 6.45) is 0. The van der Waals surface area contributed by atoms with Gasteiger partial charge in [0.05, 0.1) is 0 Å². The molecule has 2 fully saturated rings. The van der Waals surface area contributed by atoms with Gasteiger partial charge in [0.1, 0.15) is 0 Å². The second kappa shape index (κ2) is 4.55. The highest BCUT2D eigenvalue weighted by Gasteiger charge is 2.26. The number of rotatable bonds is 1. The molecule has 0 aliphatic carbocycles. The summed E-state index contributed by atoms with van der Waals surface area (Å²) in [5.74, 6) is 0.233. The van der Waals surface area contributed by atoms with E-state index in [1.54, 1.807) is 0 Å². The molecule has 2 aliphatic rings. The topological polar surface area (TPSA) is 35.6 Å². The van der Waals surface area contributed by atoms with Gasteiger partial charge in [-0.3, -0.25) is 4.79 Å². The molecule has 90 valence electrons. The summed E-state index contributed by atoms with van der Waals surface area (Å²) >= 11 is 0. The number of carbonyl (C=O) groups excluding carboxylic acids is 1. The van der Waals surface area contributed by atoms with Crippen LogP contribution in [0.1, 0.15) is 13.8 Å². The van der Waals surface area contributed by atoms with Gasteiger partial charge < -0.3 is 15.1 Å². The van der Waals surface area contributed by atoms with Gasteiger partial charge in [0.2, 0.25) is 5.91 Å². The minimum atomic E-state index is 0.233. The SMILES string of the molecule is CC(C(=O)N1CCN(C)C(C)C1)=C1CNC1. The molecule has 2 rings (SSSR count). The third-order valence-corrected chi connectivity index (χ3v) is 3.77. The molecule has 2 saturated heterocycles. The maximum absolute atomic E-state index is 12.2. The van der Waals surface area contributed by atoms with Gasteiger partial charge in [0.25, 0.3) is 0 Å². The Bertz CT molecular complexity index is 318. The Morgan fingerprint density at radius 3 is 2.56 bits per heavy atom. The van der Waals surface area contributed by atoms with Crippen molar-refractivity contribution in [2.75, 3.05) is 39.8 Å². The maximum atomic E-state index is 12.2. The minimum Gasteiger partial charge on any atom is -0.336 e. The van der Waals surface area contributed by atoms with E-state index >= 15 is 0 Å². The molecule has 1 unspecified atom stereocenters. The van der Waals surface area contributed by atoms with E-state index in [-0.39, 0.29) is 5.91 Å². The highest BCUT2D eigenvalue weighted by molar-refractivity contribution is 5.94. The van der Waals surface area contributed by atoms with E-state index in [1.807, 2.05) is 11.8 Å². The Morgan fingerprint density at radius 1 is 1.38 bits per heavy atom. The molecule has 0 bridgehead atoms. The summed E-state index contributed by atoms with van der Waals surface area (Å²) in [7, 11) is 2.12. The Balaban J connectivity index is 2.00. The normalized spacial score (nSPS) is 26.6. The van der Waals surface area contributed by atoms with E-state index in [2.05, 4.69) is 24.2 Å². The van der Waals surface area contributed by atoms with Crippen LogP contribution in [-0.4, -0.2) is 61.5 Å². The number of carbonyl (C=O) groups is 1. The summed E-state index contributed by atoms with van der Waals surface area (Å²) in [4.78, 5) is 16.5. The van der Waals surface area contributed by atoms with Crippen LogP contribution in [0.3, 0.4) is 0 Å². The molecule has 2 heterocycles. The quantitative estimate of drug-likeness (QED) is 0.639. The van der Waals surface area contributed by atoms with Crippen LogP contribution in [0, 0.1) is 0 Å². The van der Waals surface area contributed by atoms with Gasteiger partial charge in [-0.2, -0.15) is 0 Å². The molecule has 0 saturated carbocycles. The van der Waals surface area contributed by atoms with Crippen molar-refractivity contribution < 1.29 is 4.79 Å². The molecule has 4 heteroatoms. The number of piperazine rings is 1. The molecule has 4 nitrogen and oxygen atoms in total. The smallest absolute Gasteiger partial charge is 0.249 e.